The number of nitrogens with one attached hydrogen (secondary N) is 2. The molecular formula is C21H24N4O7S. The third kappa shape index (κ3) is 6.02. The molecule has 10 N–H and O–H groups in total. The number of phenolic OH excluding ortho intramolecular Hbond substituents is 4. The molecule has 3 rings (SSSR count). The van der Waals surface area contributed by atoms with Crippen molar-refractivity contribution < 1.29 is 35.4 Å². The maximum atomic E-state index is 12.2. The van der Waals surface area contributed by atoms with Crippen molar-refractivity contribution in [2.24, 2.45) is 0 Å². The molecule has 1 aromatic heterocycles. The molecule has 0 spiro atoms. The molecule has 0 unspecified atom stereocenters. The molecule has 0 aliphatic carbocycles. The smallest absolute Gasteiger partial charge is 0.230 e. The molecule has 0 aliphatic rings. The first-order valence-electron chi connectivity index (χ1n) is 9.79. The van der Waals surface area contributed by atoms with Crippen LogP contribution in [0.4, 0.5) is 10.8 Å². The van der Waals surface area contributed by atoms with Gasteiger partial charge in [-0.1, -0.05) is 30.3 Å². The SMILES string of the molecule is Nc1nc(CC(=O)Nc2c(O)c(O)c(CC(O)(O)NCCc3ccccc3)c(O)c2O)cs1. The zero-order chi connectivity index (χ0) is 24.2. The summed E-state index contributed by atoms with van der Waals surface area (Å²) >= 11 is 1.13. The van der Waals surface area contributed by atoms with E-state index in [-0.39, 0.29) is 18.1 Å². The Bertz CT molecular complexity index is 1110. The van der Waals surface area contributed by atoms with Crippen molar-refractivity contribution in [3.05, 3.63) is 52.5 Å². The number of rotatable bonds is 9. The minimum absolute atomic E-state index is 0.145. The van der Waals surface area contributed by atoms with Gasteiger partial charge in [0.2, 0.25) is 11.8 Å². The predicted molar refractivity (Wildman–Crippen MR) is 121 cm³/mol. The number of hydrogen-bond donors (Lipinski definition) is 9. The molecule has 0 bridgehead atoms. The Labute approximate surface area is 192 Å². The Morgan fingerprint density at radius 1 is 1.03 bits per heavy atom. The number of nitrogen functional groups attached to an aromatic ring is 1. The van der Waals surface area contributed by atoms with Crippen LogP contribution in [0.25, 0.3) is 0 Å². The fourth-order valence-corrected chi connectivity index (χ4v) is 3.71. The first-order valence-corrected chi connectivity index (χ1v) is 10.7. The van der Waals surface area contributed by atoms with E-state index in [1.54, 1.807) is 5.38 Å². The van der Waals surface area contributed by atoms with Gasteiger partial charge in [0.25, 0.3) is 0 Å². The number of thiazole rings is 1. The highest BCUT2D eigenvalue weighted by atomic mass is 32.1. The molecule has 176 valence electrons. The van der Waals surface area contributed by atoms with E-state index in [1.807, 2.05) is 30.3 Å². The maximum Gasteiger partial charge on any atom is 0.230 e. The van der Waals surface area contributed by atoms with Gasteiger partial charge in [0.15, 0.2) is 28.1 Å². The van der Waals surface area contributed by atoms with Gasteiger partial charge in [0, 0.05) is 18.3 Å². The van der Waals surface area contributed by atoms with Gasteiger partial charge < -0.3 is 41.7 Å². The number of benzene rings is 2. The van der Waals surface area contributed by atoms with Crippen molar-refractivity contribution in [2.45, 2.75) is 25.2 Å². The van der Waals surface area contributed by atoms with Crippen molar-refractivity contribution in [2.75, 3.05) is 17.6 Å². The zero-order valence-corrected chi connectivity index (χ0v) is 18.1. The molecule has 1 amide bonds. The van der Waals surface area contributed by atoms with Crippen molar-refractivity contribution in [3.63, 3.8) is 0 Å². The molecule has 1 heterocycles. The number of phenols is 4. The molecule has 3 aromatic rings. The number of hydrogen-bond acceptors (Lipinski definition) is 11. The third-order valence-corrected chi connectivity index (χ3v) is 5.48. The molecule has 2 aromatic carbocycles. The standard InChI is InChI=1S/C21H24N4O7S/c22-20-24-12(10-33-20)8-14(26)25-15-18(29)16(27)13(17(28)19(15)30)9-21(31,32)23-7-6-11-4-2-1-3-5-11/h1-5,10,23,27-32H,6-9H2,(H2,22,24)(H,25,26). The van der Waals surface area contributed by atoms with Crippen LogP contribution in [-0.2, 0) is 24.1 Å². The maximum absolute atomic E-state index is 12.2. The predicted octanol–water partition coefficient (Wildman–Crippen LogP) is 0.742. The Morgan fingerprint density at radius 3 is 2.24 bits per heavy atom. The summed E-state index contributed by atoms with van der Waals surface area (Å²) in [6.07, 6.45) is -0.557. The number of aliphatic hydroxyl groups is 2. The van der Waals surface area contributed by atoms with Crippen LogP contribution in [0.5, 0.6) is 23.0 Å². The highest BCUT2D eigenvalue weighted by Crippen LogP contribution is 2.50. The second kappa shape index (κ2) is 9.92. The van der Waals surface area contributed by atoms with E-state index in [0.29, 0.717) is 12.1 Å². The van der Waals surface area contributed by atoms with Crippen LogP contribution in [0.15, 0.2) is 35.7 Å². The fourth-order valence-electron chi connectivity index (χ4n) is 3.15. The Morgan fingerprint density at radius 2 is 1.67 bits per heavy atom. The van der Waals surface area contributed by atoms with Crippen LogP contribution in [0.1, 0.15) is 16.8 Å². The van der Waals surface area contributed by atoms with Gasteiger partial charge in [-0.2, -0.15) is 0 Å². The summed E-state index contributed by atoms with van der Waals surface area (Å²) in [5.74, 6) is -7.07. The topological polar surface area (TPSA) is 201 Å². The lowest BCUT2D eigenvalue weighted by Gasteiger charge is -2.25. The molecule has 11 nitrogen and oxygen atoms in total. The summed E-state index contributed by atoms with van der Waals surface area (Å²) in [6, 6.07) is 9.26. The van der Waals surface area contributed by atoms with E-state index in [9.17, 15) is 35.4 Å². The molecule has 33 heavy (non-hydrogen) atoms. The van der Waals surface area contributed by atoms with Gasteiger partial charge in [-0.15, -0.1) is 11.3 Å². The van der Waals surface area contributed by atoms with Gasteiger partial charge >= 0.3 is 0 Å². The van der Waals surface area contributed by atoms with E-state index in [0.717, 1.165) is 16.9 Å². The van der Waals surface area contributed by atoms with Crippen molar-refractivity contribution in [1.29, 1.82) is 0 Å². The van der Waals surface area contributed by atoms with Crippen LogP contribution in [-0.4, -0.2) is 54.0 Å². The number of nitrogens with zero attached hydrogens (tertiary/aromatic N) is 1. The molecule has 0 atom stereocenters. The number of amides is 1. The molecule has 0 saturated carbocycles. The Balaban J connectivity index is 1.71. The lowest BCUT2D eigenvalue weighted by Crippen LogP contribution is -2.47. The van der Waals surface area contributed by atoms with Crippen LogP contribution in [0.3, 0.4) is 0 Å². The summed E-state index contributed by atoms with van der Waals surface area (Å²) in [5.41, 5.74) is 5.63. The van der Waals surface area contributed by atoms with Crippen LogP contribution in [0, 0.1) is 0 Å². The lowest BCUT2D eigenvalue weighted by atomic mass is 10.0. The molecule has 0 saturated heterocycles. The fraction of sp³-hybridized carbons (Fsp3) is 0.238. The van der Waals surface area contributed by atoms with Crippen LogP contribution in [0.2, 0.25) is 0 Å². The third-order valence-electron chi connectivity index (χ3n) is 4.76. The van der Waals surface area contributed by atoms with Gasteiger partial charge in [0.05, 0.1) is 17.7 Å². The largest absolute Gasteiger partial charge is 0.504 e. The van der Waals surface area contributed by atoms with Gasteiger partial charge in [-0.25, -0.2) is 4.98 Å². The zero-order valence-electron chi connectivity index (χ0n) is 17.3. The van der Waals surface area contributed by atoms with Crippen molar-refractivity contribution >= 4 is 28.1 Å². The summed E-state index contributed by atoms with van der Waals surface area (Å²) in [4.78, 5) is 16.1. The number of nitrogens with two attached hydrogens (primary N) is 1. The molecule has 12 heteroatoms. The van der Waals surface area contributed by atoms with E-state index >= 15 is 0 Å². The van der Waals surface area contributed by atoms with Gasteiger partial charge in [-0.3, -0.25) is 10.1 Å². The summed E-state index contributed by atoms with van der Waals surface area (Å²) in [5, 5.41) is 68.1. The number of carbonyl (C=O) groups excluding carboxylic acids is 1. The van der Waals surface area contributed by atoms with E-state index < -0.39 is 52.5 Å². The van der Waals surface area contributed by atoms with Gasteiger partial charge in [0.1, 0.15) is 5.69 Å². The van der Waals surface area contributed by atoms with Crippen molar-refractivity contribution in [3.8, 4) is 23.0 Å². The van der Waals surface area contributed by atoms with Crippen molar-refractivity contribution in [1.82, 2.24) is 10.3 Å². The van der Waals surface area contributed by atoms with Gasteiger partial charge in [-0.05, 0) is 12.0 Å². The second-order valence-electron chi connectivity index (χ2n) is 7.31. The number of anilines is 2. The van der Waals surface area contributed by atoms with E-state index in [1.165, 1.54) is 0 Å². The van der Waals surface area contributed by atoms with Crippen LogP contribution < -0.4 is 16.4 Å². The first kappa shape index (κ1) is 24.1. The molecule has 0 fully saturated rings. The monoisotopic (exact) mass is 476 g/mol. The van der Waals surface area contributed by atoms with E-state index in [2.05, 4.69) is 15.6 Å². The average molecular weight is 477 g/mol. The van der Waals surface area contributed by atoms with E-state index in [4.69, 9.17) is 5.73 Å². The Kier molecular flexibility index (Phi) is 7.23. The normalized spacial score (nSPS) is 11.5. The lowest BCUT2D eigenvalue weighted by molar-refractivity contribution is -0.183. The number of aromatic hydroxyl groups is 4. The number of carbonyl (C=O) groups is 1. The molecule has 0 aliphatic heterocycles. The summed E-state index contributed by atoms with van der Waals surface area (Å²) in [7, 11) is 0. The average Bonchev–Trinajstić information content (AvgIpc) is 3.18. The summed E-state index contributed by atoms with van der Waals surface area (Å²) < 4.78 is 0. The highest BCUT2D eigenvalue weighted by molar-refractivity contribution is 7.13. The minimum atomic E-state index is -2.59. The minimum Gasteiger partial charge on any atom is -0.504 e. The van der Waals surface area contributed by atoms with Crippen LogP contribution >= 0.6 is 11.3 Å². The first-order chi connectivity index (χ1) is 15.6. The quantitative estimate of drug-likeness (QED) is 0.120. The number of aromatic nitrogens is 1. The second-order valence-corrected chi connectivity index (χ2v) is 8.20. The Hall–Kier alpha value is -3.58. The molecule has 0 radical (unpaired) electrons. The molecular weight excluding hydrogens is 452 g/mol. The highest BCUT2D eigenvalue weighted by Gasteiger charge is 2.31. The summed E-state index contributed by atoms with van der Waals surface area (Å²) in [6.45, 7) is 0.145.